The molecule has 0 radical (unpaired) electrons. The lowest BCUT2D eigenvalue weighted by molar-refractivity contribution is 0.433. The summed E-state index contributed by atoms with van der Waals surface area (Å²) in [5.41, 5.74) is 5.45. The number of benzene rings is 4. The maximum atomic E-state index is 10.4. The van der Waals surface area contributed by atoms with Crippen molar-refractivity contribution >= 4 is 0 Å². The lowest BCUT2D eigenvalue weighted by Gasteiger charge is -2.39. The maximum Gasteiger partial charge on any atom is 0.132 e. The summed E-state index contributed by atoms with van der Waals surface area (Å²) in [5.74, 6) is 2.01. The summed E-state index contributed by atoms with van der Waals surface area (Å²) in [6.07, 6.45) is 0. The lowest BCUT2D eigenvalue weighted by Crippen LogP contribution is -2.32. The molecule has 6 rings (SSSR count). The van der Waals surface area contributed by atoms with Crippen LogP contribution in [-0.2, 0) is 5.41 Å². The van der Waals surface area contributed by atoms with E-state index in [1.54, 1.807) is 12.1 Å². The Bertz CT molecular complexity index is 1170. The highest BCUT2D eigenvalue weighted by Crippen LogP contribution is 2.62. The zero-order chi connectivity index (χ0) is 18.9. The van der Waals surface area contributed by atoms with Gasteiger partial charge in [-0.15, -0.1) is 0 Å². The normalized spacial score (nSPS) is 14.6. The SMILES string of the molecule is Oc1ccc2c(c1)C1(c3ccccc3Oc3ccccc31)c1cc(O)ccc1-2. The van der Waals surface area contributed by atoms with Crippen molar-refractivity contribution in [3.05, 3.63) is 107 Å². The molecule has 1 heterocycles. The van der Waals surface area contributed by atoms with Crippen LogP contribution < -0.4 is 4.74 Å². The van der Waals surface area contributed by atoms with Crippen molar-refractivity contribution in [3.8, 4) is 34.1 Å². The average Bonchev–Trinajstić information content (AvgIpc) is 2.98. The van der Waals surface area contributed by atoms with Gasteiger partial charge in [0.05, 0.1) is 5.41 Å². The molecule has 134 valence electrons. The number of ether oxygens (including phenoxy) is 1. The van der Waals surface area contributed by atoms with Crippen molar-refractivity contribution in [3.63, 3.8) is 0 Å². The van der Waals surface area contributed by atoms with Crippen molar-refractivity contribution in [1.82, 2.24) is 0 Å². The minimum Gasteiger partial charge on any atom is -0.508 e. The van der Waals surface area contributed by atoms with Crippen LogP contribution in [0.3, 0.4) is 0 Å². The highest BCUT2D eigenvalue weighted by Gasteiger charge is 2.51. The van der Waals surface area contributed by atoms with E-state index >= 15 is 0 Å². The average molecular weight is 364 g/mol. The summed E-state index contributed by atoms with van der Waals surface area (Å²) >= 11 is 0. The van der Waals surface area contributed by atoms with Crippen LogP contribution in [0, 0.1) is 0 Å². The van der Waals surface area contributed by atoms with Crippen LogP contribution >= 0.6 is 0 Å². The van der Waals surface area contributed by atoms with Gasteiger partial charge >= 0.3 is 0 Å². The summed E-state index contributed by atoms with van der Waals surface area (Å²) < 4.78 is 6.23. The van der Waals surface area contributed by atoms with Gasteiger partial charge in [-0.05, 0) is 58.7 Å². The molecular weight excluding hydrogens is 348 g/mol. The molecule has 0 unspecified atom stereocenters. The zero-order valence-corrected chi connectivity index (χ0v) is 14.9. The Morgan fingerprint density at radius 1 is 0.536 bits per heavy atom. The Balaban J connectivity index is 1.87. The van der Waals surface area contributed by atoms with E-state index in [0.717, 1.165) is 44.9 Å². The molecule has 0 atom stereocenters. The summed E-state index contributed by atoms with van der Waals surface area (Å²) in [4.78, 5) is 0. The Morgan fingerprint density at radius 2 is 1.00 bits per heavy atom. The molecule has 0 fully saturated rings. The largest absolute Gasteiger partial charge is 0.508 e. The Hall–Kier alpha value is -3.72. The molecule has 4 aromatic carbocycles. The first-order chi connectivity index (χ1) is 13.7. The molecular formula is C25H16O3. The molecule has 2 aliphatic rings. The van der Waals surface area contributed by atoms with Gasteiger partial charge in [-0.2, -0.15) is 0 Å². The van der Waals surface area contributed by atoms with Gasteiger partial charge in [0.25, 0.3) is 0 Å². The third-order valence-corrected chi connectivity index (χ3v) is 5.91. The fraction of sp³-hybridized carbons (Fsp3) is 0.0400. The molecule has 3 nitrogen and oxygen atoms in total. The van der Waals surface area contributed by atoms with Crippen molar-refractivity contribution in [2.45, 2.75) is 5.41 Å². The molecule has 0 bridgehead atoms. The monoisotopic (exact) mass is 364 g/mol. The summed E-state index contributed by atoms with van der Waals surface area (Å²) in [5, 5.41) is 20.7. The minimum atomic E-state index is -0.659. The van der Waals surface area contributed by atoms with Gasteiger partial charge in [0.1, 0.15) is 23.0 Å². The van der Waals surface area contributed by atoms with E-state index in [1.807, 2.05) is 60.7 Å². The van der Waals surface area contributed by atoms with E-state index < -0.39 is 5.41 Å². The number of para-hydroxylation sites is 2. The van der Waals surface area contributed by atoms with Gasteiger partial charge in [-0.3, -0.25) is 0 Å². The molecule has 2 N–H and O–H groups in total. The van der Waals surface area contributed by atoms with Gasteiger partial charge in [-0.25, -0.2) is 0 Å². The Kier molecular flexibility index (Phi) is 2.83. The van der Waals surface area contributed by atoms with Crippen molar-refractivity contribution in [2.75, 3.05) is 0 Å². The fourth-order valence-corrected chi connectivity index (χ4v) is 4.87. The standard InChI is InChI=1S/C25H16O3/c26-15-9-11-17-18-12-10-16(27)14-22(18)25(21(17)13-15)19-5-1-3-7-23(19)28-24-8-4-2-6-20(24)25/h1-14,26-27H. The van der Waals surface area contributed by atoms with Crippen LogP contribution in [0.25, 0.3) is 11.1 Å². The number of phenols is 2. The Labute approximate surface area is 162 Å². The number of hydrogen-bond donors (Lipinski definition) is 2. The van der Waals surface area contributed by atoms with Crippen molar-refractivity contribution in [2.24, 2.45) is 0 Å². The predicted octanol–water partition coefficient (Wildman–Crippen LogP) is 5.57. The first kappa shape index (κ1) is 15.3. The maximum absolute atomic E-state index is 10.4. The van der Waals surface area contributed by atoms with Gasteiger partial charge < -0.3 is 14.9 Å². The number of aromatic hydroxyl groups is 2. The fourth-order valence-electron chi connectivity index (χ4n) is 4.87. The molecule has 0 saturated carbocycles. The smallest absolute Gasteiger partial charge is 0.132 e. The van der Waals surface area contributed by atoms with Crippen LogP contribution in [0.1, 0.15) is 22.3 Å². The first-order valence-electron chi connectivity index (χ1n) is 9.24. The van der Waals surface area contributed by atoms with Crippen LogP contribution in [0.5, 0.6) is 23.0 Å². The molecule has 0 saturated heterocycles. The third kappa shape index (κ3) is 1.73. The molecule has 1 spiro atoms. The Morgan fingerprint density at radius 3 is 1.50 bits per heavy atom. The molecule has 4 aromatic rings. The van der Waals surface area contributed by atoms with E-state index in [1.165, 1.54) is 0 Å². The van der Waals surface area contributed by atoms with E-state index in [-0.39, 0.29) is 11.5 Å². The summed E-state index contributed by atoms with van der Waals surface area (Å²) in [6.45, 7) is 0. The van der Waals surface area contributed by atoms with Gasteiger partial charge in [0.2, 0.25) is 0 Å². The zero-order valence-electron chi connectivity index (χ0n) is 14.9. The second-order valence-electron chi connectivity index (χ2n) is 7.30. The van der Waals surface area contributed by atoms with Crippen LogP contribution in [0.4, 0.5) is 0 Å². The van der Waals surface area contributed by atoms with Gasteiger partial charge in [0, 0.05) is 11.1 Å². The van der Waals surface area contributed by atoms with Crippen LogP contribution in [0.15, 0.2) is 84.9 Å². The number of fused-ring (bicyclic) bond motifs is 9. The highest BCUT2D eigenvalue weighted by molar-refractivity contribution is 5.89. The molecule has 3 heteroatoms. The summed E-state index contributed by atoms with van der Waals surface area (Å²) in [6, 6.07) is 27.0. The second kappa shape index (κ2) is 5.17. The molecule has 1 aliphatic carbocycles. The minimum absolute atomic E-state index is 0.219. The van der Waals surface area contributed by atoms with E-state index in [0.29, 0.717) is 0 Å². The number of phenolic OH excluding ortho intramolecular Hbond substituents is 2. The second-order valence-corrected chi connectivity index (χ2v) is 7.30. The van der Waals surface area contributed by atoms with E-state index in [9.17, 15) is 10.2 Å². The number of rotatable bonds is 0. The third-order valence-electron chi connectivity index (χ3n) is 5.91. The topological polar surface area (TPSA) is 49.7 Å². The predicted molar refractivity (Wildman–Crippen MR) is 107 cm³/mol. The summed E-state index contributed by atoms with van der Waals surface area (Å²) in [7, 11) is 0. The quantitative estimate of drug-likeness (QED) is 0.371. The first-order valence-corrected chi connectivity index (χ1v) is 9.24. The molecule has 0 aromatic heterocycles. The van der Waals surface area contributed by atoms with E-state index in [4.69, 9.17) is 4.74 Å². The van der Waals surface area contributed by atoms with Crippen molar-refractivity contribution in [1.29, 1.82) is 0 Å². The highest BCUT2D eigenvalue weighted by atomic mass is 16.5. The molecule has 0 amide bonds. The van der Waals surface area contributed by atoms with Crippen LogP contribution in [-0.4, -0.2) is 10.2 Å². The lowest BCUT2D eigenvalue weighted by atomic mass is 9.66. The van der Waals surface area contributed by atoms with Crippen LogP contribution in [0.2, 0.25) is 0 Å². The molecule has 28 heavy (non-hydrogen) atoms. The number of hydrogen-bond acceptors (Lipinski definition) is 3. The van der Waals surface area contributed by atoms with Gasteiger partial charge in [-0.1, -0.05) is 48.5 Å². The molecule has 1 aliphatic heterocycles. The van der Waals surface area contributed by atoms with Gasteiger partial charge in [0.15, 0.2) is 0 Å². The van der Waals surface area contributed by atoms with Crippen molar-refractivity contribution < 1.29 is 14.9 Å². The van der Waals surface area contributed by atoms with E-state index in [2.05, 4.69) is 12.1 Å².